The lowest BCUT2D eigenvalue weighted by Crippen LogP contribution is -2.14. The van der Waals surface area contributed by atoms with Crippen LogP contribution in [0.4, 0.5) is 0 Å². The van der Waals surface area contributed by atoms with Gasteiger partial charge < -0.3 is 11.5 Å². The monoisotopic (exact) mass is 167 g/mol. The molecule has 0 radical (unpaired) electrons. The Morgan fingerprint density at radius 2 is 2.00 bits per heavy atom. The molecule has 0 aromatic heterocycles. The lowest BCUT2D eigenvalue weighted by molar-refractivity contribution is 1.02. The summed E-state index contributed by atoms with van der Waals surface area (Å²) >= 11 is 0. The molecule has 0 aliphatic heterocycles. The third-order valence-electron chi connectivity index (χ3n) is 0.414. The molecule has 0 aromatic rings. The van der Waals surface area contributed by atoms with Crippen LogP contribution in [0.25, 0.3) is 0 Å². The van der Waals surface area contributed by atoms with Crippen molar-refractivity contribution in [3.05, 3.63) is 0 Å². The second-order valence-electron chi connectivity index (χ2n) is 1.06. The van der Waals surface area contributed by atoms with Crippen LogP contribution >= 0.6 is 17.0 Å². The van der Waals surface area contributed by atoms with Crippen LogP contribution in [0.2, 0.25) is 0 Å². The summed E-state index contributed by atoms with van der Waals surface area (Å²) in [6.07, 6.45) is 0.514. The van der Waals surface area contributed by atoms with Gasteiger partial charge in [-0.3, -0.25) is 5.41 Å². The third kappa shape index (κ3) is 10.7. The smallest absolute Gasteiger partial charge is 0.0918 e. The van der Waals surface area contributed by atoms with E-state index in [9.17, 15) is 0 Å². The van der Waals surface area contributed by atoms with Crippen molar-refractivity contribution in [2.24, 2.45) is 11.5 Å². The maximum Gasteiger partial charge on any atom is 0.0918 e. The number of halogens is 1. The van der Waals surface area contributed by atoms with Crippen LogP contribution in [0.5, 0.6) is 0 Å². The highest BCUT2D eigenvalue weighted by Gasteiger charge is 1.79. The molecule has 5 N–H and O–H groups in total. The van der Waals surface area contributed by atoms with Crippen LogP contribution in [-0.2, 0) is 0 Å². The van der Waals surface area contributed by atoms with E-state index in [2.05, 4.69) is 0 Å². The van der Waals surface area contributed by atoms with E-state index in [-0.39, 0.29) is 22.8 Å². The van der Waals surface area contributed by atoms with Crippen molar-refractivity contribution in [1.82, 2.24) is 0 Å². The Morgan fingerprint density at radius 3 is 2.00 bits per heavy atom. The molecule has 7 heavy (non-hydrogen) atoms. The molecule has 3 nitrogen and oxygen atoms in total. The van der Waals surface area contributed by atoms with Crippen molar-refractivity contribution in [3.8, 4) is 0 Å². The molecule has 0 amide bonds. The van der Waals surface area contributed by atoms with E-state index in [1.165, 1.54) is 0 Å². The molecular weight excluding hydrogens is 158 g/mol. The zero-order valence-corrected chi connectivity index (χ0v) is 5.69. The number of hydrogen-bond donors (Lipinski definition) is 3. The molecule has 0 fully saturated rings. The minimum absolute atomic E-state index is 0. The maximum absolute atomic E-state index is 6.59. The number of amidine groups is 1. The summed E-state index contributed by atoms with van der Waals surface area (Å²) in [6, 6.07) is 0. The number of rotatable bonds is 2. The summed E-state index contributed by atoms with van der Waals surface area (Å²) in [7, 11) is 0. The zero-order valence-electron chi connectivity index (χ0n) is 3.98. The van der Waals surface area contributed by atoms with E-state index >= 15 is 0 Å². The molecule has 0 saturated heterocycles. The first kappa shape index (κ1) is 10.0. The average molecular weight is 168 g/mol. The molecule has 0 heterocycles. The average Bonchev–Trinajstić information content (AvgIpc) is 1.35. The Kier molecular flexibility index (Phi) is 8.45. The Labute approximate surface area is 53.3 Å². The van der Waals surface area contributed by atoms with Crippen molar-refractivity contribution in [3.63, 3.8) is 0 Å². The standard InChI is InChI=1S/C3H9N3.BrH/c4-2-1-3(5)6;/h1-2,4H2,(H3,5,6);1H. The van der Waals surface area contributed by atoms with Crippen molar-refractivity contribution < 1.29 is 0 Å². The molecule has 0 unspecified atom stereocenters. The third-order valence-corrected chi connectivity index (χ3v) is 0.414. The van der Waals surface area contributed by atoms with Gasteiger partial charge in [0.2, 0.25) is 0 Å². The Hall–Kier alpha value is -0.0900. The van der Waals surface area contributed by atoms with Crippen LogP contribution in [0.3, 0.4) is 0 Å². The summed E-state index contributed by atoms with van der Waals surface area (Å²) in [4.78, 5) is 0. The van der Waals surface area contributed by atoms with Crippen LogP contribution in [0.1, 0.15) is 6.42 Å². The summed E-state index contributed by atoms with van der Waals surface area (Å²) in [6.45, 7) is 0.481. The fourth-order valence-electron chi connectivity index (χ4n) is 0.156. The molecule has 0 saturated carbocycles. The summed E-state index contributed by atoms with van der Waals surface area (Å²) < 4.78 is 0. The largest absolute Gasteiger partial charge is 0.388 e. The molecule has 4 heteroatoms. The fourth-order valence-corrected chi connectivity index (χ4v) is 0.156. The van der Waals surface area contributed by atoms with Gasteiger partial charge in [-0.05, 0) is 6.54 Å². The molecule has 0 aliphatic carbocycles. The fraction of sp³-hybridized carbons (Fsp3) is 0.667. The van der Waals surface area contributed by atoms with E-state index in [0.717, 1.165) is 0 Å². The summed E-state index contributed by atoms with van der Waals surface area (Å²) in [5, 5.41) is 6.59. The Balaban J connectivity index is 0. The SMILES string of the molecule is Br.N=C(N)CCN. The normalized spacial score (nSPS) is 7.00. The molecule has 0 spiro atoms. The first-order valence-corrected chi connectivity index (χ1v) is 1.80. The van der Waals surface area contributed by atoms with E-state index in [1.807, 2.05) is 0 Å². The Bertz CT molecular complexity index is 54.1. The van der Waals surface area contributed by atoms with Gasteiger partial charge in [-0.2, -0.15) is 0 Å². The minimum atomic E-state index is 0. The zero-order chi connectivity index (χ0) is 4.99. The highest BCUT2D eigenvalue weighted by Crippen LogP contribution is 1.64. The summed E-state index contributed by atoms with van der Waals surface area (Å²) in [5.74, 6) is 0.164. The highest BCUT2D eigenvalue weighted by atomic mass is 79.9. The first-order chi connectivity index (χ1) is 2.77. The molecule has 0 atom stereocenters. The lowest BCUT2D eigenvalue weighted by Gasteiger charge is -1.86. The van der Waals surface area contributed by atoms with Gasteiger partial charge in [0.15, 0.2) is 0 Å². The topological polar surface area (TPSA) is 75.9 Å². The van der Waals surface area contributed by atoms with E-state index in [0.29, 0.717) is 13.0 Å². The van der Waals surface area contributed by atoms with Gasteiger partial charge in [0.1, 0.15) is 0 Å². The second kappa shape index (κ2) is 5.91. The lowest BCUT2D eigenvalue weighted by atomic mass is 10.4. The number of nitrogens with one attached hydrogen (secondary N) is 1. The number of hydrogen-bond acceptors (Lipinski definition) is 2. The van der Waals surface area contributed by atoms with Crippen LogP contribution in [-0.4, -0.2) is 12.4 Å². The summed E-state index contributed by atoms with van der Waals surface area (Å²) in [5.41, 5.74) is 9.91. The molecule has 44 valence electrons. The molecule has 0 aliphatic rings. The van der Waals surface area contributed by atoms with Gasteiger partial charge >= 0.3 is 0 Å². The molecule has 0 aromatic carbocycles. The molecular formula is C3H10BrN3. The van der Waals surface area contributed by atoms with Gasteiger partial charge in [-0.25, -0.2) is 0 Å². The predicted molar refractivity (Wildman–Crippen MR) is 35.9 cm³/mol. The van der Waals surface area contributed by atoms with Gasteiger partial charge in [0.25, 0.3) is 0 Å². The molecule has 0 bridgehead atoms. The van der Waals surface area contributed by atoms with Crippen LogP contribution < -0.4 is 11.5 Å². The maximum atomic E-state index is 6.59. The first-order valence-electron chi connectivity index (χ1n) is 1.80. The number of nitrogens with two attached hydrogens (primary N) is 2. The van der Waals surface area contributed by atoms with Crippen molar-refractivity contribution in [1.29, 1.82) is 5.41 Å². The quantitative estimate of drug-likeness (QED) is 0.396. The van der Waals surface area contributed by atoms with Crippen molar-refractivity contribution in [2.75, 3.05) is 6.54 Å². The highest BCUT2D eigenvalue weighted by molar-refractivity contribution is 8.93. The van der Waals surface area contributed by atoms with E-state index in [4.69, 9.17) is 16.9 Å². The van der Waals surface area contributed by atoms with Crippen molar-refractivity contribution >= 4 is 22.8 Å². The van der Waals surface area contributed by atoms with E-state index in [1.54, 1.807) is 0 Å². The van der Waals surface area contributed by atoms with Gasteiger partial charge in [0.05, 0.1) is 5.84 Å². The Morgan fingerprint density at radius 1 is 1.57 bits per heavy atom. The van der Waals surface area contributed by atoms with Crippen LogP contribution in [0.15, 0.2) is 0 Å². The molecule has 0 rings (SSSR count). The second-order valence-corrected chi connectivity index (χ2v) is 1.06. The predicted octanol–water partition coefficient (Wildman–Crippen LogP) is -0.151. The van der Waals surface area contributed by atoms with Gasteiger partial charge in [-0.15, -0.1) is 17.0 Å². The minimum Gasteiger partial charge on any atom is -0.388 e. The van der Waals surface area contributed by atoms with Crippen molar-refractivity contribution in [2.45, 2.75) is 6.42 Å². The van der Waals surface area contributed by atoms with Crippen LogP contribution in [0, 0.1) is 5.41 Å². The van der Waals surface area contributed by atoms with E-state index < -0.39 is 0 Å². The van der Waals surface area contributed by atoms with Gasteiger partial charge in [0, 0.05) is 6.42 Å². The van der Waals surface area contributed by atoms with Gasteiger partial charge in [-0.1, -0.05) is 0 Å².